The van der Waals surface area contributed by atoms with E-state index in [1.807, 2.05) is 0 Å². The first-order valence-corrected chi connectivity index (χ1v) is 3.37. The van der Waals surface area contributed by atoms with Crippen LogP contribution in [-0.4, -0.2) is 7.11 Å². The molecular weight excluding hydrogens is 162 g/mol. The third-order valence-electron chi connectivity index (χ3n) is 1.28. The van der Waals surface area contributed by atoms with Crippen molar-refractivity contribution >= 4 is 17.3 Å². The van der Waals surface area contributed by atoms with Crippen LogP contribution in [0.2, 0.25) is 5.02 Å². The van der Waals surface area contributed by atoms with Crippen molar-refractivity contribution in [3.05, 3.63) is 34.6 Å². The quantitative estimate of drug-likeness (QED) is 0.587. The highest BCUT2D eigenvalue weighted by Crippen LogP contribution is 2.34. The van der Waals surface area contributed by atoms with Crippen molar-refractivity contribution in [1.82, 2.24) is 0 Å². The van der Waals surface area contributed by atoms with Crippen molar-refractivity contribution in [1.29, 1.82) is 0 Å². The van der Waals surface area contributed by atoms with Crippen LogP contribution in [0.15, 0.2) is 18.2 Å². The van der Waals surface area contributed by atoms with Crippen LogP contribution >= 0.6 is 11.6 Å². The Morgan fingerprint density at radius 3 is 2.73 bits per heavy atom. The Labute approximate surface area is 70.2 Å². The topological polar surface area (TPSA) is 13.6 Å². The minimum atomic E-state index is 0.372. The van der Waals surface area contributed by atoms with E-state index >= 15 is 0 Å². The number of hydrogen-bond acceptors (Lipinski definition) is 1. The first-order valence-electron chi connectivity index (χ1n) is 2.99. The van der Waals surface area contributed by atoms with Crippen LogP contribution in [0.4, 0.5) is 5.69 Å². The number of benzene rings is 1. The van der Waals surface area contributed by atoms with Crippen molar-refractivity contribution in [2.75, 3.05) is 7.11 Å². The number of ether oxygens (including phenoxy) is 1. The minimum Gasteiger partial charge on any atom is -0.508 e. The van der Waals surface area contributed by atoms with E-state index in [9.17, 15) is 0 Å². The monoisotopic (exact) mass is 167 g/mol. The Morgan fingerprint density at radius 1 is 1.55 bits per heavy atom. The molecule has 0 aliphatic heterocycles. The van der Waals surface area contributed by atoms with Gasteiger partial charge in [0.05, 0.1) is 18.7 Å². The molecule has 0 aliphatic rings. The van der Waals surface area contributed by atoms with Gasteiger partial charge >= 0.3 is 0 Å². The second-order valence-electron chi connectivity index (χ2n) is 1.90. The third-order valence-corrected chi connectivity index (χ3v) is 1.59. The first-order chi connectivity index (χ1) is 5.29. The second kappa shape index (κ2) is 3.27. The van der Waals surface area contributed by atoms with Gasteiger partial charge in [0.2, 0.25) is 5.69 Å². The molecule has 0 amide bonds. The van der Waals surface area contributed by atoms with Crippen LogP contribution in [0.25, 0.3) is 4.85 Å². The van der Waals surface area contributed by atoms with Gasteiger partial charge in [-0.1, -0.05) is 23.7 Å². The van der Waals surface area contributed by atoms with E-state index in [0.717, 1.165) is 0 Å². The Morgan fingerprint density at radius 2 is 2.27 bits per heavy atom. The maximum absolute atomic E-state index is 6.79. The molecule has 11 heavy (non-hydrogen) atoms. The van der Waals surface area contributed by atoms with E-state index in [1.165, 1.54) is 7.11 Å². The largest absolute Gasteiger partial charge is 0.508 e. The van der Waals surface area contributed by atoms with Crippen LogP contribution in [0.1, 0.15) is 0 Å². The second-order valence-corrected chi connectivity index (χ2v) is 2.31. The van der Waals surface area contributed by atoms with Crippen molar-refractivity contribution in [2.24, 2.45) is 0 Å². The predicted molar refractivity (Wildman–Crippen MR) is 44.3 cm³/mol. The highest BCUT2D eigenvalue weighted by Gasteiger charge is 2.05. The highest BCUT2D eigenvalue weighted by atomic mass is 35.5. The average Bonchev–Trinajstić information content (AvgIpc) is 2.04. The van der Waals surface area contributed by atoms with E-state index < -0.39 is 0 Å². The fourth-order valence-corrected chi connectivity index (χ4v) is 0.977. The van der Waals surface area contributed by atoms with Gasteiger partial charge in [-0.3, -0.25) is 0 Å². The van der Waals surface area contributed by atoms with E-state index in [4.69, 9.17) is 22.9 Å². The molecule has 1 aromatic rings. The lowest BCUT2D eigenvalue weighted by Gasteiger charge is -2.01. The Hall–Kier alpha value is -1.20. The molecule has 0 saturated heterocycles. The molecule has 0 fully saturated rings. The van der Waals surface area contributed by atoms with Gasteiger partial charge in [0, 0.05) is 0 Å². The molecule has 0 aliphatic carbocycles. The Balaban J connectivity index is 3.27. The zero-order chi connectivity index (χ0) is 8.27. The minimum absolute atomic E-state index is 0.372. The molecule has 0 aromatic heterocycles. The summed E-state index contributed by atoms with van der Waals surface area (Å²) in [5.74, 6) is 0.521. The molecule has 0 N–H and O–H groups in total. The van der Waals surface area contributed by atoms with Gasteiger partial charge in [0.1, 0.15) is 5.75 Å². The molecule has 0 saturated carbocycles. The molecule has 56 valence electrons. The summed E-state index contributed by atoms with van der Waals surface area (Å²) in [6, 6.07) is 5.12. The molecule has 0 unspecified atom stereocenters. The lowest BCUT2D eigenvalue weighted by Crippen LogP contribution is -1.81. The molecule has 0 radical (unpaired) electrons. The number of nitrogens with zero attached hydrogens (tertiary/aromatic N) is 1. The van der Waals surface area contributed by atoms with Gasteiger partial charge < -0.3 is 4.74 Å². The number of para-hydroxylation sites is 1. The van der Waals surface area contributed by atoms with E-state index in [0.29, 0.717) is 16.5 Å². The fraction of sp³-hybridized carbons (Fsp3) is 0.125. The first kappa shape index (κ1) is 7.90. The van der Waals surface area contributed by atoms with Gasteiger partial charge in [-0.25, -0.2) is 4.85 Å². The number of halogens is 1. The van der Waals surface area contributed by atoms with Gasteiger partial charge in [0.15, 0.2) is 0 Å². The lowest BCUT2D eigenvalue weighted by molar-refractivity contribution is 0.417. The van der Waals surface area contributed by atoms with Gasteiger partial charge in [-0.2, -0.15) is 0 Å². The summed E-state index contributed by atoms with van der Waals surface area (Å²) in [4.78, 5) is 3.23. The third kappa shape index (κ3) is 1.44. The van der Waals surface area contributed by atoms with Crippen molar-refractivity contribution < 1.29 is 4.74 Å². The van der Waals surface area contributed by atoms with Crippen molar-refractivity contribution in [3.63, 3.8) is 0 Å². The number of hydrogen-bond donors (Lipinski definition) is 0. The predicted octanol–water partition coefficient (Wildman–Crippen LogP) is 2.90. The number of methoxy groups -OCH3 is 1. The summed E-state index contributed by atoms with van der Waals surface area (Å²) >= 11 is 5.71. The van der Waals surface area contributed by atoms with Gasteiger partial charge in [-0.05, 0) is 6.07 Å². The molecule has 1 aromatic carbocycles. The molecular formula is C8H6ClNO. The summed E-state index contributed by atoms with van der Waals surface area (Å²) in [7, 11) is 1.51. The molecule has 1 rings (SSSR count). The molecule has 3 heteroatoms. The van der Waals surface area contributed by atoms with E-state index in [-0.39, 0.29) is 0 Å². The van der Waals surface area contributed by atoms with Crippen LogP contribution in [0.3, 0.4) is 0 Å². The SMILES string of the molecule is [C-]#[N+]c1c(Cl)cccc1OC. The van der Waals surface area contributed by atoms with E-state index in [1.54, 1.807) is 18.2 Å². The normalized spacial score (nSPS) is 8.82. The van der Waals surface area contributed by atoms with Crippen molar-refractivity contribution in [3.8, 4) is 5.75 Å². The summed E-state index contributed by atoms with van der Waals surface area (Å²) in [5, 5.41) is 0.430. The van der Waals surface area contributed by atoms with E-state index in [2.05, 4.69) is 4.85 Å². The Bertz CT molecular complexity index is 303. The standard InChI is InChI=1S/C8H6ClNO/c1-10-8-6(9)4-3-5-7(8)11-2/h3-5H,2H3. The Kier molecular flexibility index (Phi) is 2.35. The van der Waals surface area contributed by atoms with Crippen LogP contribution in [0.5, 0.6) is 5.75 Å². The zero-order valence-electron chi connectivity index (χ0n) is 5.97. The summed E-state index contributed by atoms with van der Waals surface area (Å²) in [5.41, 5.74) is 0.372. The summed E-state index contributed by atoms with van der Waals surface area (Å²) in [6.07, 6.45) is 0. The van der Waals surface area contributed by atoms with Crippen LogP contribution in [-0.2, 0) is 0 Å². The summed E-state index contributed by atoms with van der Waals surface area (Å²) in [6.45, 7) is 6.79. The van der Waals surface area contributed by atoms with Crippen LogP contribution < -0.4 is 4.74 Å². The van der Waals surface area contributed by atoms with Crippen molar-refractivity contribution in [2.45, 2.75) is 0 Å². The maximum atomic E-state index is 6.79. The molecule has 0 spiro atoms. The van der Waals surface area contributed by atoms with Gasteiger partial charge in [-0.15, -0.1) is 0 Å². The molecule has 0 atom stereocenters. The average molecular weight is 168 g/mol. The fourth-order valence-electron chi connectivity index (χ4n) is 0.769. The maximum Gasteiger partial charge on any atom is 0.246 e. The molecule has 0 heterocycles. The zero-order valence-corrected chi connectivity index (χ0v) is 6.72. The lowest BCUT2D eigenvalue weighted by atomic mass is 10.3. The molecule has 2 nitrogen and oxygen atoms in total. The van der Waals surface area contributed by atoms with Crippen LogP contribution in [0, 0.1) is 6.57 Å². The van der Waals surface area contributed by atoms with Gasteiger partial charge in [0.25, 0.3) is 0 Å². The molecule has 0 bridgehead atoms. The highest BCUT2D eigenvalue weighted by molar-refractivity contribution is 6.33. The number of rotatable bonds is 1. The summed E-state index contributed by atoms with van der Waals surface area (Å²) < 4.78 is 4.92. The smallest absolute Gasteiger partial charge is 0.246 e.